The third kappa shape index (κ3) is 4.09. The minimum atomic E-state index is -0.376. The highest BCUT2D eigenvalue weighted by molar-refractivity contribution is 6.30. The van der Waals surface area contributed by atoms with Crippen LogP contribution in [0.3, 0.4) is 0 Å². The second kappa shape index (κ2) is 9.12. The lowest BCUT2D eigenvalue weighted by Gasteiger charge is -2.42. The van der Waals surface area contributed by atoms with E-state index in [9.17, 15) is 9.59 Å². The highest BCUT2D eigenvalue weighted by atomic mass is 35.5. The number of amides is 2. The number of rotatable bonds is 5. The third-order valence-corrected chi connectivity index (χ3v) is 7.37. The van der Waals surface area contributed by atoms with Crippen LogP contribution in [-0.4, -0.2) is 49.7 Å². The lowest BCUT2D eigenvalue weighted by Crippen LogP contribution is -2.47. The van der Waals surface area contributed by atoms with E-state index in [-0.39, 0.29) is 23.5 Å². The zero-order valence-corrected chi connectivity index (χ0v) is 19.4. The minimum absolute atomic E-state index is 0.0342. The van der Waals surface area contributed by atoms with E-state index in [0.29, 0.717) is 25.2 Å². The first kappa shape index (κ1) is 22.6. The van der Waals surface area contributed by atoms with Crippen molar-refractivity contribution < 1.29 is 14.3 Å². The van der Waals surface area contributed by atoms with Crippen molar-refractivity contribution in [1.82, 2.24) is 4.90 Å². The number of nitrogens with two attached hydrogens (primary N) is 1. The van der Waals surface area contributed by atoms with Crippen LogP contribution in [-0.2, 0) is 10.2 Å². The van der Waals surface area contributed by atoms with Gasteiger partial charge in [0.2, 0.25) is 0 Å². The molecule has 0 radical (unpaired) electrons. The van der Waals surface area contributed by atoms with Gasteiger partial charge < -0.3 is 15.4 Å². The minimum Gasteiger partial charge on any atom is -0.465 e. The summed E-state index contributed by atoms with van der Waals surface area (Å²) in [6.07, 6.45) is 3.71. The summed E-state index contributed by atoms with van der Waals surface area (Å²) in [6.45, 7) is 3.84. The molecule has 0 unspecified atom stereocenters. The van der Waals surface area contributed by atoms with Gasteiger partial charge in [-0.15, -0.1) is 0 Å². The first-order valence-corrected chi connectivity index (χ1v) is 11.5. The fourth-order valence-corrected chi connectivity index (χ4v) is 5.41. The Bertz CT molecular complexity index is 1020. The van der Waals surface area contributed by atoms with Crippen molar-refractivity contribution in [3.63, 3.8) is 0 Å². The molecule has 2 N–H and O–H groups in total. The molecule has 0 aromatic heterocycles. The Morgan fingerprint density at radius 2 is 1.94 bits per heavy atom. The van der Waals surface area contributed by atoms with Crippen molar-refractivity contribution in [2.75, 3.05) is 31.6 Å². The summed E-state index contributed by atoms with van der Waals surface area (Å²) in [6, 6.07) is 13.6. The lowest BCUT2D eigenvalue weighted by molar-refractivity contribution is 0.0600. The average molecular weight is 456 g/mol. The SMILES string of the molecule is COC(=O)c1ccc(N2CCN(C3CCC(CN)(c4cccc(Cl)c4)CC3)C2=O)c(C)c1. The number of hydrogen-bond donors (Lipinski definition) is 1. The normalized spacial score (nSPS) is 23.5. The van der Waals surface area contributed by atoms with Gasteiger partial charge in [0, 0.05) is 41.8 Å². The van der Waals surface area contributed by atoms with E-state index in [0.717, 1.165) is 42.0 Å². The van der Waals surface area contributed by atoms with Gasteiger partial charge in [-0.3, -0.25) is 4.90 Å². The lowest BCUT2D eigenvalue weighted by atomic mass is 9.68. The molecule has 2 fully saturated rings. The molecular weight excluding hydrogens is 426 g/mol. The number of methoxy groups -OCH3 is 1. The standard InChI is InChI=1S/C25H30ClN3O3/c1-17-14-18(23(30)32-2)6-7-22(17)29-13-12-28(24(29)31)21-8-10-25(16-27,11-9-21)19-4-3-5-20(26)15-19/h3-7,14-15,21H,8-13,16,27H2,1-2H3. The van der Waals surface area contributed by atoms with E-state index in [4.69, 9.17) is 22.1 Å². The van der Waals surface area contributed by atoms with Crippen LogP contribution in [0.1, 0.15) is 47.2 Å². The number of carbonyl (C=O) groups is 2. The topological polar surface area (TPSA) is 75.9 Å². The molecule has 2 amide bonds. The Morgan fingerprint density at radius 1 is 1.19 bits per heavy atom. The summed E-state index contributed by atoms with van der Waals surface area (Å²) in [5, 5.41) is 0.733. The van der Waals surface area contributed by atoms with Crippen LogP contribution in [0.5, 0.6) is 0 Å². The summed E-state index contributed by atoms with van der Waals surface area (Å²) in [5.74, 6) is -0.376. The average Bonchev–Trinajstić information content (AvgIpc) is 3.19. The van der Waals surface area contributed by atoms with Gasteiger partial charge in [-0.25, -0.2) is 9.59 Å². The van der Waals surface area contributed by atoms with Gasteiger partial charge >= 0.3 is 12.0 Å². The quantitative estimate of drug-likeness (QED) is 0.672. The van der Waals surface area contributed by atoms with E-state index in [2.05, 4.69) is 6.07 Å². The van der Waals surface area contributed by atoms with Crippen LogP contribution in [0.2, 0.25) is 5.02 Å². The molecule has 1 saturated carbocycles. The van der Waals surface area contributed by atoms with Crippen molar-refractivity contribution >= 4 is 29.3 Å². The van der Waals surface area contributed by atoms with Crippen LogP contribution < -0.4 is 10.6 Å². The van der Waals surface area contributed by atoms with Gasteiger partial charge in [0.25, 0.3) is 0 Å². The number of esters is 1. The highest BCUT2D eigenvalue weighted by Crippen LogP contribution is 2.41. The van der Waals surface area contributed by atoms with Crippen molar-refractivity contribution in [1.29, 1.82) is 0 Å². The Morgan fingerprint density at radius 3 is 2.56 bits per heavy atom. The van der Waals surface area contributed by atoms with E-state index in [1.807, 2.05) is 41.0 Å². The molecule has 1 aliphatic heterocycles. The molecule has 0 bridgehead atoms. The molecule has 170 valence electrons. The van der Waals surface area contributed by atoms with Crippen LogP contribution >= 0.6 is 11.6 Å². The number of anilines is 1. The molecule has 32 heavy (non-hydrogen) atoms. The van der Waals surface area contributed by atoms with E-state index in [1.54, 1.807) is 12.1 Å². The van der Waals surface area contributed by atoms with Crippen LogP contribution in [0.4, 0.5) is 10.5 Å². The molecule has 1 heterocycles. The fraction of sp³-hybridized carbons (Fsp3) is 0.440. The van der Waals surface area contributed by atoms with Gasteiger partial charge in [-0.05, 0) is 74.1 Å². The molecule has 2 aromatic carbocycles. The second-order valence-electron chi connectivity index (χ2n) is 8.85. The molecule has 4 rings (SSSR count). The predicted octanol–water partition coefficient (Wildman–Crippen LogP) is 4.52. The Balaban J connectivity index is 1.46. The van der Waals surface area contributed by atoms with Gasteiger partial charge in [0.05, 0.1) is 12.7 Å². The largest absolute Gasteiger partial charge is 0.465 e. The Labute approximate surface area is 194 Å². The molecule has 0 spiro atoms. The summed E-state index contributed by atoms with van der Waals surface area (Å²) in [4.78, 5) is 28.9. The van der Waals surface area contributed by atoms with Gasteiger partial charge in [-0.1, -0.05) is 23.7 Å². The van der Waals surface area contributed by atoms with Crippen LogP contribution in [0.15, 0.2) is 42.5 Å². The summed E-state index contributed by atoms with van der Waals surface area (Å²) < 4.78 is 4.79. The van der Waals surface area contributed by atoms with Crippen LogP contribution in [0, 0.1) is 6.92 Å². The molecule has 2 aromatic rings. The zero-order valence-electron chi connectivity index (χ0n) is 18.6. The molecule has 6 nitrogen and oxygen atoms in total. The van der Waals surface area contributed by atoms with Crippen molar-refractivity contribution in [3.8, 4) is 0 Å². The molecule has 7 heteroatoms. The second-order valence-corrected chi connectivity index (χ2v) is 9.28. The third-order valence-electron chi connectivity index (χ3n) is 7.13. The summed E-state index contributed by atoms with van der Waals surface area (Å²) in [7, 11) is 1.36. The zero-order chi connectivity index (χ0) is 22.9. The smallest absolute Gasteiger partial charge is 0.337 e. The number of nitrogens with zero attached hydrogens (tertiary/aromatic N) is 2. The van der Waals surface area contributed by atoms with Gasteiger partial charge in [-0.2, -0.15) is 0 Å². The maximum atomic E-state index is 13.3. The maximum Gasteiger partial charge on any atom is 0.337 e. The van der Waals surface area contributed by atoms with Crippen LogP contribution in [0.25, 0.3) is 0 Å². The van der Waals surface area contributed by atoms with Crippen molar-refractivity contribution in [2.24, 2.45) is 5.73 Å². The molecule has 0 atom stereocenters. The number of hydrogen-bond acceptors (Lipinski definition) is 4. The first-order valence-electron chi connectivity index (χ1n) is 11.1. The van der Waals surface area contributed by atoms with Crippen molar-refractivity contribution in [3.05, 3.63) is 64.2 Å². The van der Waals surface area contributed by atoms with Gasteiger partial charge in [0.15, 0.2) is 0 Å². The summed E-state index contributed by atoms with van der Waals surface area (Å²) >= 11 is 6.23. The fourth-order valence-electron chi connectivity index (χ4n) is 5.22. The number of halogens is 1. The first-order chi connectivity index (χ1) is 15.4. The number of urea groups is 1. The molecule has 2 aliphatic rings. The summed E-state index contributed by atoms with van der Waals surface area (Å²) in [5.41, 5.74) is 9.57. The molecule has 1 saturated heterocycles. The number of benzene rings is 2. The maximum absolute atomic E-state index is 13.3. The Hall–Kier alpha value is -2.57. The highest BCUT2D eigenvalue weighted by Gasteiger charge is 2.41. The molecule has 1 aliphatic carbocycles. The van der Waals surface area contributed by atoms with E-state index in [1.165, 1.54) is 12.7 Å². The number of aryl methyl sites for hydroxylation is 1. The number of ether oxygens (including phenoxy) is 1. The molecular formula is C25H30ClN3O3. The predicted molar refractivity (Wildman–Crippen MR) is 126 cm³/mol. The number of carbonyl (C=O) groups excluding carboxylic acids is 2. The Kier molecular flexibility index (Phi) is 6.45. The van der Waals surface area contributed by atoms with E-state index < -0.39 is 0 Å². The van der Waals surface area contributed by atoms with Crippen molar-refractivity contribution in [2.45, 2.75) is 44.1 Å². The van der Waals surface area contributed by atoms with Gasteiger partial charge in [0.1, 0.15) is 0 Å². The monoisotopic (exact) mass is 455 g/mol. The van der Waals surface area contributed by atoms with E-state index >= 15 is 0 Å².